The number of carbonyl (C=O) groups excluding carboxylic acids is 2. The third-order valence-electron chi connectivity index (χ3n) is 2.59. The lowest BCUT2D eigenvalue weighted by Crippen LogP contribution is -2.33. The van der Waals surface area contributed by atoms with Gasteiger partial charge in [0.25, 0.3) is 0 Å². The van der Waals surface area contributed by atoms with E-state index < -0.39 is 24.0 Å². The molecule has 0 aliphatic carbocycles. The van der Waals surface area contributed by atoms with Gasteiger partial charge in [0.05, 0.1) is 13.2 Å². The van der Waals surface area contributed by atoms with Crippen molar-refractivity contribution in [2.75, 3.05) is 13.2 Å². The van der Waals surface area contributed by atoms with Crippen molar-refractivity contribution in [2.45, 2.75) is 20.0 Å². The summed E-state index contributed by atoms with van der Waals surface area (Å²) in [5.41, 5.74) is 0.436. The molecule has 1 aromatic rings. The molecule has 0 aromatic heterocycles. The second-order valence-corrected chi connectivity index (χ2v) is 4.90. The third-order valence-corrected chi connectivity index (χ3v) is 3.08. The molecule has 0 amide bonds. The summed E-state index contributed by atoms with van der Waals surface area (Å²) in [5, 5.41) is 10.3. The average Bonchev–Trinajstić information content (AvgIpc) is 2.39. The van der Waals surface area contributed by atoms with Gasteiger partial charge >= 0.3 is 11.9 Å². The van der Waals surface area contributed by atoms with Crippen LogP contribution in [-0.2, 0) is 19.1 Å². The van der Waals surface area contributed by atoms with E-state index in [1.54, 1.807) is 38.1 Å². The third kappa shape index (κ3) is 4.31. The molecule has 20 heavy (non-hydrogen) atoms. The van der Waals surface area contributed by atoms with Crippen molar-refractivity contribution in [3.8, 4) is 0 Å². The van der Waals surface area contributed by atoms with Crippen LogP contribution in [0, 0.1) is 5.92 Å². The van der Waals surface area contributed by atoms with E-state index in [-0.39, 0.29) is 13.2 Å². The molecular weight excluding hydrogens is 328 g/mol. The Balaban J connectivity index is 3.02. The number of halogens is 1. The van der Waals surface area contributed by atoms with Crippen LogP contribution in [0.3, 0.4) is 0 Å². The van der Waals surface area contributed by atoms with Crippen molar-refractivity contribution >= 4 is 27.9 Å². The number of hydrogen-bond acceptors (Lipinski definition) is 5. The van der Waals surface area contributed by atoms with Gasteiger partial charge in [-0.25, -0.2) is 0 Å². The smallest absolute Gasteiger partial charge is 0.323 e. The van der Waals surface area contributed by atoms with Crippen molar-refractivity contribution in [3.63, 3.8) is 0 Å². The van der Waals surface area contributed by atoms with Gasteiger partial charge in [0.15, 0.2) is 5.92 Å². The van der Waals surface area contributed by atoms with E-state index in [4.69, 9.17) is 9.47 Å². The highest BCUT2D eigenvalue weighted by molar-refractivity contribution is 9.10. The zero-order valence-corrected chi connectivity index (χ0v) is 12.9. The van der Waals surface area contributed by atoms with E-state index in [9.17, 15) is 14.7 Å². The van der Waals surface area contributed by atoms with E-state index in [0.717, 1.165) is 4.47 Å². The average molecular weight is 345 g/mol. The van der Waals surface area contributed by atoms with Crippen LogP contribution in [-0.4, -0.2) is 30.3 Å². The fraction of sp³-hybridized carbons (Fsp3) is 0.429. The fourth-order valence-corrected chi connectivity index (χ4v) is 2.12. The molecule has 1 unspecified atom stereocenters. The maximum absolute atomic E-state index is 11.9. The summed E-state index contributed by atoms with van der Waals surface area (Å²) in [6, 6.07) is 6.74. The Morgan fingerprint density at radius 2 is 1.75 bits per heavy atom. The minimum atomic E-state index is -1.39. The van der Waals surface area contributed by atoms with Crippen molar-refractivity contribution in [1.29, 1.82) is 0 Å². The van der Waals surface area contributed by atoms with Crippen LogP contribution in [0.2, 0.25) is 0 Å². The largest absolute Gasteiger partial charge is 0.465 e. The summed E-state index contributed by atoms with van der Waals surface area (Å²) in [7, 11) is 0. The van der Waals surface area contributed by atoms with Crippen molar-refractivity contribution < 1.29 is 24.2 Å². The van der Waals surface area contributed by atoms with Crippen molar-refractivity contribution in [2.24, 2.45) is 5.92 Å². The summed E-state index contributed by atoms with van der Waals surface area (Å²) in [4.78, 5) is 23.7. The molecule has 110 valence electrons. The Bertz CT molecular complexity index is 456. The van der Waals surface area contributed by atoms with Crippen LogP contribution < -0.4 is 0 Å². The number of ether oxygens (including phenoxy) is 2. The van der Waals surface area contributed by atoms with E-state index in [1.807, 2.05) is 0 Å². The zero-order chi connectivity index (χ0) is 15.1. The fourth-order valence-electron chi connectivity index (χ4n) is 1.70. The molecule has 0 saturated carbocycles. The van der Waals surface area contributed by atoms with E-state index >= 15 is 0 Å². The summed E-state index contributed by atoms with van der Waals surface area (Å²) in [5.74, 6) is -2.97. The Morgan fingerprint density at radius 3 is 2.20 bits per heavy atom. The second kappa shape index (κ2) is 8.01. The molecule has 0 heterocycles. The Morgan fingerprint density at radius 1 is 1.20 bits per heavy atom. The summed E-state index contributed by atoms with van der Waals surface area (Å²) >= 11 is 3.27. The van der Waals surface area contributed by atoms with Crippen molar-refractivity contribution in [1.82, 2.24) is 0 Å². The molecule has 0 bridgehead atoms. The molecule has 0 saturated heterocycles. The normalized spacial score (nSPS) is 12.1. The number of benzene rings is 1. The second-order valence-electron chi connectivity index (χ2n) is 3.98. The van der Waals surface area contributed by atoms with E-state index in [1.165, 1.54) is 0 Å². The molecule has 0 spiro atoms. The van der Waals surface area contributed by atoms with Gasteiger partial charge in [-0.3, -0.25) is 9.59 Å². The summed E-state index contributed by atoms with van der Waals surface area (Å²) in [6.45, 7) is 3.51. The molecule has 5 nitrogen and oxygen atoms in total. The molecule has 1 rings (SSSR count). The number of rotatable bonds is 6. The quantitative estimate of drug-likeness (QED) is 0.632. The first kappa shape index (κ1) is 16.7. The minimum absolute atomic E-state index is 0.125. The highest BCUT2D eigenvalue weighted by atomic mass is 79.9. The monoisotopic (exact) mass is 344 g/mol. The number of esters is 2. The summed E-state index contributed by atoms with van der Waals surface area (Å²) in [6.07, 6.45) is -1.31. The molecule has 0 aliphatic heterocycles. The highest BCUT2D eigenvalue weighted by Gasteiger charge is 2.37. The first-order valence-corrected chi connectivity index (χ1v) is 7.07. The Labute approximate surface area is 126 Å². The first-order valence-electron chi connectivity index (χ1n) is 6.28. The van der Waals surface area contributed by atoms with Crippen molar-refractivity contribution in [3.05, 3.63) is 34.3 Å². The van der Waals surface area contributed by atoms with Gasteiger partial charge in [0.1, 0.15) is 6.10 Å². The molecular formula is C14H17BrO5. The van der Waals surface area contributed by atoms with Crippen LogP contribution in [0.5, 0.6) is 0 Å². The van der Waals surface area contributed by atoms with E-state index in [2.05, 4.69) is 15.9 Å². The van der Waals surface area contributed by atoms with Crippen LogP contribution >= 0.6 is 15.9 Å². The molecule has 0 radical (unpaired) electrons. The van der Waals surface area contributed by atoms with Gasteiger partial charge in [0.2, 0.25) is 0 Å². The molecule has 6 heteroatoms. The Kier molecular flexibility index (Phi) is 6.67. The lowest BCUT2D eigenvalue weighted by molar-refractivity contribution is -0.167. The van der Waals surface area contributed by atoms with Crippen LogP contribution in [0.25, 0.3) is 0 Å². The maximum Gasteiger partial charge on any atom is 0.323 e. The van der Waals surface area contributed by atoms with Gasteiger partial charge in [-0.15, -0.1) is 0 Å². The first-order chi connectivity index (χ1) is 9.51. The highest BCUT2D eigenvalue weighted by Crippen LogP contribution is 2.26. The van der Waals surface area contributed by atoms with Crippen LogP contribution in [0.4, 0.5) is 0 Å². The lowest BCUT2D eigenvalue weighted by Gasteiger charge is -2.20. The van der Waals surface area contributed by atoms with Gasteiger partial charge in [0, 0.05) is 4.47 Å². The Hall–Kier alpha value is -1.40. The predicted octanol–water partition coefficient (Wildman–Crippen LogP) is 2.22. The molecule has 1 aromatic carbocycles. The van der Waals surface area contributed by atoms with Crippen LogP contribution in [0.1, 0.15) is 25.5 Å². The number of aliphatic hydroxyl groups is 1. The van der Waals surface area contributed by atoms with Crippen LogP contribution in [0.15, 0.2) is 28.7 Å². The molecule has 1 N–H and O–H groups in total. The molecule has 1 atom stereocenters. The standard InChI is InChI=1S/C14H17BrO5/c1-3-19-13(17)11(14(18)20-4-2)12(16)9-6-5-7-10(15)8-9/h5-8,11-12,16H,3-4H2,1-2H3. The SMILES string of the molecule is CCOC(=O)C(C(=O)OCC)C(O)c1cccc(Br)c1. The number of carbonyl (C=O) groups is 2. The topological polar surface area (TPSA) is 72.8 Å². The zero-order valence-electron chi connectivity index (χ0n) is 11.3. The minimum Gasteiger partial charge on any atom is -0.465 e. The van der Waals surface area contributed by atoms with Gasteiger partial charge in [-0.1, -0.05) is 28.1 Å². The van der Waals surface area contributed by atoms with Gasteiger partial charge in [-0.05, 0) is 31.5 Å². The van der Waals surface area contributed by atoms with E-state index in [0.29, 0.717) is 5.56 Å². The molecule has 0 fully saturated rings. The summed E-state index contributed by atoms with van der Waals surface area (Å²) < 4.78 is 10.4. The molecule has 0 aliphatic rings. The van der Waals surface area contributed by atoms with Gasteiger partial charge < -0.3 is 14.6 Å². The maximum atomic E-state index is 11.9. The number of hydrogen-bond donors (Lipinski definition) is 1. The number of aliphatic hydroxyl groups excluding tert-OH is 1. The lowest BCUT2D eigenvalue weighted by atomic mass is 9.96. The predicted molar refractivity (Wildman–Crippen MR) is 75.9 cm³/mol. The van der Waals surface area contributed by atoms with Gasteiger partial charge in [-0.2, -0.15) is 0 Å².